The van der Waals surface area contributed by atoms with Gasteiger partial charge in [0.05, 0.1) is 11.3 Å². The molecule has 0 aliphatic rings. The highest BCUT2D eigenvalue weighted by atomic mass is 19.4. The summed E-state index contributed by atoms with van der Waals surface area (Å²) in [4.78, 5) is 10.5. The van der Waals surface area contributed by atoms with Gasteiger partial charge in [-0.3, -0.25) is 0 Å². The third-order valence-corrected chi connectivity index (χ3v) is 1.90. The number of halogens is 4. The second-order valence-corrected chi connectivity index (χ2v) is 3.17. The number of ether oxygens (including phenoxy) is 1. The lowest BCUT2D eigenvalue weighted by atomic mass is 10.1. The molecular weight excluding hydrogens is 262 g/mol. The largest absolute Gasteiger partial charge is 0.573 e. The van der Waals surface area contributed by atoms with E-state index < -0.39 is 41.3 Å². The molecular formula is C9H7F4NO4. The molecule has 0 heterocycles. The Bertz CT molecular complexity index is 474. The topological polar surface area (TPSA) is 92.8 Å². The molecule has 0 radical (unpaired) electrons. The van der Waals surface area contributed by atoms with Gasteiger partial charge in [0.1, 0.15) is 5.82 Å². The number of aliphatic carboxylic acids is 1. The Labute approximate surface area is 97.4 Å². The molecule has 1 rings (SSSR count). The fourth-order valence-corrected chi connectivity index (χ4v) is 1.20. The smallest absolute Gasteiger partial charge is 0.479 e. The van der Waals surface area contributed by atoms with Crippen LogP contribution in [0.25, 0.3) is 0 Å². The predicted molar refractivity (Wildman–Crippen MR) is 50.1 cm³/mol. The van der Waals surface area contributed by atoms with Crippen LogP contribution in [0.2, 0.25) is 0 Å². The minimum atomic E-state index is -5.20. The number of carboxylic acid groups (broad SMARTS) is 1. The van der Waals surface area contributed by atoms with E-state index >= 15 is 0 Å². The molecule has 5 nitrogen and oxygen atoms in total. The Kier molecular flexibility index (Phi) is 3.65. The number of carboxylic acids is 1. The van der Waals surface area contributed by atoms with E-state index in [1.807, 2.05) is 0 Å². The molecule has 0 fully saturated rings. The molecule has 0 spiro atoms. The molecule has 0 aliphatic carbocycles. The average molecular weight is 269 g/mol. The van der Waals surface area contributed by atoms with Crippen molar-refractivity contribution in [2.24, 2.45) is 0 Å². The van der Waals surface area contributed by atoms with Crippen LogP contribution in [-0.2, 0) is 4.79 Å². The highest BCUT2D eigenvalue weighted by Gasteiger charge is 2.36. The van der Waals surface area contributed by atoms with Crippen molar-refractivity contribution in [2.45, 2.75) is 12.5 Å². The van der Waals surface area contributed by atoms with Crippen molar-refractivity contribution in [1.29, 1.82) is 0 Å². The summed E-state index contributed by atoms with van der Waals surface area (Å²) in [5, 5.41) is 17.6. The van der Waals surface area contributed by atoms with Gasteiger partial charge in [0.2, 0.25) is 0 Å². The lowest BCUT2D eigenvalue weighted by molar-refractivity contribution is -0.275. The summed E-state index contributed by atoms with van der Waals surface area (Å²) in [6.45, 7) is 0. The lowest BCUT2D eigenvalue weighted by Crippen LogP contribution is -2.22. The third-order valence-electron chi connectivity index (χ3n) is 1.90. The van der Waals surface area contributed by atoms with Gasteiger partial charge < -0.3 is 20.7 Å². The zero-order chi connectivity index (χ0) is 14.1. The van der Waals surface area contributed by atoms with Crippen molar-refractivity contribution in [1.82, 2.24) is 0 Å². The molecule has 1 unspecified atom stereocenters. The molecule has 0 bridgehead atoms. The van der Waals surface area contributed by atoms with Crippen molar-refractivity contribution < 1.29 is 37.3 Å². The first-order valence-electron chi connectivity index (χ1n) is 4.38. The standard InChI is InChI=1S/C9H7F4NO4/c10-3-1-2-4(14)7(18-9(11,12)13)5(3)6(15)8(16)17/h1-2,6,15H,14H2,(H,16,17). The normalized spacial score (nSPS) is 13.2. The Morgan fingerprint density at radius 2 is 1.94 bits per heavy atom. The highest BCUT2D eigenvalue weighted by Crippen LogP contribution is 2.37. The number of anilines is 1. The highest BCUT2D eigenvalue weighted by molar-refractivity contribution is 5.77. The van der Waals surface area contributed by atoms with E-state index in [9.17, 15) is 22.4 Å². The first-order valence-corrected chi connectivity index (χ1v) is 4.38. The average Bonchev–Trinajstić information content (AvgIpc) is 2.21. The molecule has 0 aromatic heterocycles. The minimum Gasteiger partial charge on any atom is -0.479 e. The van der Waals surface area contributed by atoms with E-state index in [4.69, 9.17) is 15.9 Å². The van der Waals surface area contributed by atoms with Crippen molar-refractivity contribution in [3.8, 4) is 5.75 Å². The van der Waals surface area contributed by atoms with Crippen molar-refractivity contribution in [3.05, 3.63) is 23.5 Å². The number of aliphatic hydroxyl groups excluding tert-OH is 1. The van der Waals surface area contributed by atoms with Gasteiger partial charge in [-0.25, -0.2) is 9.18 Å². The van der Waals surface area contributed by atoms with Crippen LogP contribution in [0, 0.1) is 5.82 Å². The van der Waals surface area contributed by atoms with Gasteiger partial charge >= 0.3 is 12.3 Å². The van der Waals surface area contributed by atoms with Gasteiger partial charge in [0, 0.05) is 0 Å². The SMILES string of the molecule is Nc1ccc(F)c(C(O)C(=O)O)c1OC(F)(F)F. The van der Waals surface area contributed by atoms with E-state index in [-0.39, 0.29) is 0 Å². The first kappa shape index (κ1) is 14.0. The van der Waals surface area contributed by atoms with E-state index in [2.05, 4.69) is 4.74 Å². The number of hydrogen-bond acceptors (Lipinski definition) is 4. The zero-order valence-electron chi connectivity index (χ0n) is 8.53. The monoisotopic (exact) mass is 269 g/mol. The molecule has 4 N–H and O–H groups in total. The summed E-state index contributed by atoms with van der Waals surface area (Å²) in [6.07, 6.45) is -7.72. The fraction of sp³-hybridized carbons (Fsp3) is 0.222. The quantitative estimate of drug-likeness (QED) is 0.570. The molecule has 1 aromatic rings. The molecule has 1 atom stereocenters. The minimum absolute atomic E-state index is 0.625. The second kappa shape index (κ2) is 4.69. The number of rotatable bonds is 3. The Balaban J connectivity index is 3.38. The number of benzene rings is 1. The molecule has 0 saturated heterocycles. The van der Waals surface area contributed by atoms with Gasteiger partial charge in [-0.2, -0.15) is 0 Å². The van der Waals surface area contributed by atoms with Crippen LogP contribution in [0.15, 0.2) is 12.1 Å². The number of nitrogen functional groups attached to an aromatic ring is 1. The summed E-state index contributed by atoms with van der Waals surface area (Å²) in [6, 6.07) is 1.38. The van der Waals surface area contributed by atoms with Gasteiger partial charge in [-0.05, 0) is 12.1 Å². The Morgan fingerprint density at radius 3 is 2.39 bits per heavy atom. The van der Waals surface area contributed by atoms with Crippen molar-refractivity contribution in [3.63, 3.8) is 0 Å². The maximum absolute atomic E-state index is 13.3. The number of alkyl halides is 3. The van der Waals surface area contributed by atoms with Crippen LogP contribution in [0.1, 0.15) is 11.7 Å². The maximum Gasteiger partial charge on any atom is 0.573 e. The van der Waals surface area contributed by atoms with Gasteiger partial charge in [0.15, 0.2) is 11.9 Å². The number of nitrogens with two attached hydrogens (primary N) is 1. The molecule has 100 valence electrons. The van der Waals surface area contributed by atoms with Crippen molar-refractivity contribution >= 4 is 11.7 Å². The molecule has 0 amide bonds. The van der Waals surface area contributed by atoms with E-state index in [0.29, 0.717) is 6.07 Å². The van der Waals surface area contributed by atoms with Crippen LogP contribution < -0.4 is 10.5 Å². The maximum atomic E-state index is 13.3. The number of hydrogen-bond donors (Lipinski definition) is 3. The molecule has 9 heteroatoms. The van der Waals surface area contributed by atoms with E-state index in [1.54, 1.807) is 0 Å². The molecule has 0 aliphatic heterocycles. The summed E-state index contributed by atoms with van der Waals surface area (Å²) in [5.74, 6) is -4.58. The fourth-order valence-electron chi connectivity index (χ4n) is 1.20. The van der Waals surface area contributed by atoms with Gasteiger partial charge in [-0.15, -0.1) is 13.2 Å². The Hall–Kier alpha value is -2.03. The Morgan fingerprint density at radius 1 is 1.39 bits per heavy atom. The van der Waals surface area contributed by atoms with Gasteiger partial charge in [0.25, 0.3) is 0 Å². The van der Waals surface area contributed by atoms with Crippen LogP contribution in [0.4, 0.5) is 23.2 Å². The summed E-state index contributed by atoms with van der Waals surface area (Å²) >= 11 is 0. The third kappa shape index (κ3) is 3.00. The second-order valence-electron chi connectivity index (χ2n) is 3.17. The number of aliphatic hydroxyl groups is 1. The molecule has 0 saturated carbocycles. The summed E-state index contributed by atoms with van der Waals surface area (Å²) in [5.41, 5.74) is 3.31. The first-order chi connectivity index (χ1) is 8.13. The summed E-state index contributed by atoms with van der Waals surface area (Å²) in [7, 11) is 0. The van der Waals surface area contributed by atoms with Crippen LogP contribution in [0.5, 0.6) is 5.75 Å². The summed E-state index contributed by atoms with van der Waals surface area (Å²) < 4.78 is 52.9. The van der Waals surface area contributed by atoms with Gasteiger partial charge in [-0.1, -0.05) is 0 Å². The lowest BCUT2D eigenvalue weighted by Gasteiger charge is -2.17. The van der Waals surface area contributed by atoms with Crippen molar-refractivity contribution in [2.75, 3.05) is 5.73 Å². The molecule has 1 aromatic carbocycles. The van der Waals surface area contributed by atoms with E-state index in [1.165, 1.54) is 0 Å². The van der Waals surface area contributed by atoms with Crippen LogP contribution in [-0.4, -0.2) is 22.5 Å². The van der Waals surface area contributed by atoms with Crippen LogP contribution in [0.3, 0.4) is 0 Å². The zero-order valence-corrected chi connectivity index (χ0v) is 8.53. The van der Waals surface area contributed by atoms with Crippen LogP contribution >= 0.6 is 0 Å². The molecule has 18 heavy (non-hydrogen) atoms. The number of carbonyl (C=O) groups is 1. The predicted octanol–water partition coefficient (Wildman–Crippen LogP) is 1.42. The van der Waals surface area contributed by atoms with E-state index in [0.717, 1.165) is 6.07 Å².